The molecule has 0 saturated heterocycles. The molecule has 0 amide bonds. The van der Waals surface area contributed by atoms with Gasteiger partial charge in [0.25, 0.3) is 0 Å². The lowest BCUT2D eigenvalue weighted by Crippen LogP contribution is -2.20. The van der Waals surface area contributed by atoms with Gasteiger partial charge in [-0.3, -0.25) is 0 Å². The Morgan fingerprint density at radius 1 is 1.71 bits per heavy atom. The third-order valence-electron chi connectivity index (χ3n) is 1.01. The Kier molecular flexibility index (Phi) is 2.92. The highest BCUT2D eigenvalue weighted by atomic mass is 32.1. The normalized spacial score (nSPS) is 8.43. The van der Waals surface area contributed by atoms with Gasteiger partial charge in [-0.05, 0) is 13.8 Å². The van der Waals surface area contributed by atoms with E-state index in [1.54, 1.807) is 0 Å². The smallest absolute Gasteiger partial charge is 0.0745 e. The first-order valence-electron chi connectivity index (χ1n) is 2.40. The number of nitrogens with zero attached hydrogens (tertiary/aromatic N) is 1. The fourth-order valence-electron chi connectivity index (χ4n) is 0.223. The summed E-state index contributed by atoms with van der Waals surface area (Å²) in [6.45, 7) is 5.02. The Balaban J connectivity index is 3.34. The number of rotatable bonds is 1. The molecule has 1 nitrogen and oxygen atoms in total. The van der Waals surface area contributed by atoms with Crippen molar-refractivity contribution in [2.24, 2.45) is 0 Å². The van der Waals surface area contributed by atoms with Gasteiger partial charge in [-0.25, -0.2) is 0 Å². The first-order chi connectivity index (χ1) is 3.18. The monoisotopic (exact) mass is 117 g/mol. The maximum atomic E-state index is 4.84. The van der Waals surface area contributed by atoms with Crippen molar-refractivity contribution in [3.63, 3.8) is 0 Å². The van der Waals surface area contributed by atoms with E-state index in [1.165, 1.54) is 0 Å². The van der Waals surface area contributed by atoms with Gasteiger partial charge in [0.2, 0.25) is 0 Å². The van der Waals surface area contributed by atoms with Crippen molar-refractivity contribution in [1.29, 1.82) is 0 Å². The van der Waals surface area contributed by atoms with Crippen molar-refractivity contribution in [1.82, 2.24) is 4.90 Å². The minimum absolute atomic E-state index is 0.961. The second-order valence-electron chi connectivity index (χ2n) is 1.53. The van der Waals surface area contributed by atoms with E-state index in [0.29, 0.717) is 0 Å². The fourth-order valence-corrected chi connectivity index (χ4v) is 0.352. The Labute approximate surface area is 50.3 Å². The predicted octanol–water partition coefficient (Wildman–Crippen LogP) is 1.29. The highest BCUT2D eigenvalue weighted by Gasteiger charge is 1.89. The standard InChI is InChI=1S/C5H11NS/c1-4-6(3)5(2)7/h4H2,1-3H3. The zero-order valence-corrected chi connectivity index (χ0v) is 5.88. The van der Waals surface area contributed by atoms with Crippen LogP contribution < -0.4 is 0 Å². The van der Waals surface area contributed by atoms with Gasteiger partial charge in [-0.2, -0.15) is 0 Å². The number of hydrogen-bond acceptors (Lipinski definition) is 1. The highest BCUT2D eigenvalue weighted by Crippen LogP contribution is 1.82. The lowest BCUT2D eigenvalue weighted by molar-refractivity contribution is 0.542. The first-order valence-corrected chi connectivity index (χ1v) is 2.81. The molecule has 7 heavy (non-hydrogen) atoms. The van der Waals surface area contributed by atoms with Gasteiger partial charge in [0.1, 0.15) is 0 Å². The van der Waals surface area contributed by atoms with Crippen LogP contribution in [0, 0.1) is 0 Å². The van der Waals surface area contributed by atoms with Gasteiger partial charge < -0.3 is 4.90 Å². The predicted molar refractivity (Wildman–Crippen MR) is 36.6 cm³/mol. The van der Waals surface area contributed by atoms with Crippen LogP contribution in [0.15, 0.2) is 0 Å². The molecule has 0 aromatic rings. The van der Waals surface area contributed by atoms with E-state index in [4.69, 9.17) is 12.2 Å². The first kappa shape index (κ1) is 6.89. The Morgan fingerprint density at radius 2 is 2.14 bits per heavy atom. The second kappa shape index (κ2) is 2.97. The van der Waals surface area contributed by atoms with E-state index in [9.17, 15) is 0 Å². The van der Waals surface area contributed by atoms with Crippen molar-refractivity contribution in [2.75, 3.05) is 13.6 Å². The van der Waals surface area contributed by atoms with Gasteiger partial charge in [0, 0.05) is 13.6 Å². The third-order valence-corrected chi connectivity index (χ3v) is 1.32. The van der Waals surface area contributed by atoms with E-state index in [0.717, 1.165) is 11.5 Å². The molecule has 0 bridgehead atoms. The van der Waals surface area contributed by atoms with Gasteiger partial charge >= 0.3 is 0 Å². The summed E-state index contributed by atoms with van der Waals surface area (Å²) < 4.78 is 0. The maximum Gasteiger partial charge on any atom is 0.0745 e. The molecular formula is C5H11NS. The van der Waals surface area contributed by atoms with Crippen LogP contribution in [0.25, 0.3) is 0 Å². The molecule has 0 heterocycles. The van der Waals surface area contributed by atoms with Crippen LogP contribution in [0.1, 0.15) is 13.8 Å². The van der Waals surface area contributed by atoms with Crippen LogP contribution in [-0.4, -0.2) is 23.5 Å². The van der Waals surface area contributed by atoms with Gasteiger partial charge in [-0.15, -0.1) is 0 Å². The van der Waals surface area contributed by atoms with Gasteiger partial charge in [-0.1, -0.05) is 12.2 Å². The van der Waals surface area contributed by atoms with E-state index in [1.807, 2.05) is 18.9 Å². The molecule has 0 aliphatic rings. The third kappa shape index (κ3) is 2.57. The average molecular weight is 117 g/mol. The van der Waals surface area contributed by atoms with E-state index in [2.05, 4.69) is 6.92 Å². The molecule has 0 aromatic heterocycles. The summed E-state index contributed by atoms with van der Waals surface area (Å²) in [7, 11) is 1.99. The minimum atomic E-state index is 0.961. The molecule has 0 saturated carbocycles. The Bertz CT molecular complexity index is 70.5. The molecule has 0 unspecified atom stereocenters. The van der Waals surface area contributed by atoms with Gasteiger partial charge in [0.05, 0.1) is 4.99 Å². The molecule has 0 N–H and O–H groups in total. The van der Waals surface area contributed by atoms with E-state index in [-0.39, 0.29) is 0 Å². The van der Waals surface area contributed by atoms with Crippen molar-refractivity contribution >= 4 is 17.2 Å². The van der Waals surface area contributed by atoms with Crippen LogP contribution >= 0.6 is 12.2 Å². The van der Waals surface area contributed by atoms with Crippen molar-refractivity contribution in [2.45, 2.75) is 13.8 Å². The topological polar surface area (TPSA) is 3.24 Å². The van der Waals surface area contributed by atoms with Crippen LogP contribution in [0.2, 0.25) is 0 Å². The number of thiocarbonyl (C=S) groups is 1. The quantitative estimate of drug-likeness (QED) is 0.476. The van der Waals surface area contributed by atoms with Crippen LogP contribution in [-0.2, 0) is 0 Å². The maximum absolute atomic E-state index is 4.84. The molecule has 0 rings (SSSR count). The van der Waals surface area contributed by atoms with Crippen LogP contribution in [0.4, 0.5) is 0 Å². The highest BCUT2D eigenvalue weighted by molar-refractivity contribution is 7.80. The van der Waals surface area contributed by atoms with Crippen molar-refractivity contribution in [3.8, 4) is 0 Å². The van der Waals surface area contributed by atoms with Crippen molar-refractivity contribution < 1.29 is 0 Å². The molecule has 0 atom stereocenters. The van der Waals surface area contributed by atoms with E-state index < -0.39 is 0 Å². The zero-order valence-electron chi connectivity index (χ0n) is 5.06. The molecule has 0 aliphatic carbocycles. The van der Waals surface area contributed by atoms with Crippen LogP contribution in [0.3, 0.4) is 0 Å². The largest absolute Gasteiger partial charge is 0.370 e. The second-order valence-corrected chi connectivity index (χ2v) is 2.12. The fraction of sp³-hybridized carbons (Fsp3) is 0.800. The molecule has 0 aliphatic heterocycles. The van der Waals surface area contributed by atoms with Crippen molar-refractivity contribution in [3.05, 3.63) is 0 Å². The molecular weight excluding hydrogens is 106 g/mol. The average Bonchev–Trinajstić information content (AvgIpc) is 1.65. The molecule has 42 valence electrons. The lowest BCUT2D eigenvalue weighted by Gasteiger charge is -2.12. The summed E-state index contributed by atoms with van der Waals surface area (Å²) in [4.78, 5) is 2.98. The zero-order chi connectivity index (χ0) is 5.86. The molecule has 0 fully saturated rings. The Hall–Kier alpha value is -0.110. The van der Waals surface area contributed by atoms with Gasteiger partial charge in [0.15, 0.2) is 0 Å². The summed E-state index contributed by atoms with van der Waals surface area (Å²) in [5.41, 5.74) is 0. The molecule has 0 spiro atoms. The summed E-state index contributed by atoms with van der Waals surface area (Å²) in [5.74, 6) is 0. The molecule has 0 aromatic carbocycles. The lowest BCUT2D eigenvalue weighted by atomic mass is 10.6. The minimum Gasteiger partial charge on any atom is -0.370 e. The van der Waals surface area contributed by atoms with E-state index >= 15 is 0 Å². The SMILES string of the molecule is CCN(C)C(C)=S. The summed E-state index contributed by atoms with van der Waals surface area (Å²) >= 11 is 4.84. The number of hydrogen-bond donors (Lipinski definition) is 0. The Morgan fingerprint density at radius 3 is 2.14 bits per heavy atom. The summed E-state index contributed by atoms with van der Waals surface area (Å²) in [6.07, 6.45) is 0. The molecule has 0 radical (unpaired) electrons. The molecule has 2 heteroatoms. The summed E-state index contributed by atoms with van der Waals surface area (Å²) in [5, 5.41) is 0. The summed E-state index contributed by atoms with van der Waals surface area (Å²) in [6, 6.07) is 0. The van der Waals surface area contributed by atoms with Crippen LogP contribution in [0.5, 0.6) is 0 Å².